The van der Waals surface area contributed by atoms with Crippen molar-refractivity contribution in [2.45, 2.75) is 13.0 Å². The van der Waals surface area contributed by atoms with Gasteiger partial charge in [0, 0.05) is 25.3 Å². The molecule has 28 heavy (non-hydrogen) atoms. The van der Waals surface area contributed by atoms with Crippen molar-refractivity contribution in [3.8, 4) is 0 Å². The Hall–Kier alpha value is -3.47. The van der Waals surface area contributed by atoms with Crippen LogP contribution in [0.3, 0.4) is 0 Å². The minimum absolute atomic E-state index is 0.0572. The van der Waals surface area contributed by atoms with Crippen LogP contribution in [-0.2, 0) is 0 Å². The summed E-state index contributed by atoms with van der Waals surface area (Å²) in [5, 5.41) is 11.5. The fourth-order valence-corrected chi connectivity index (χ4v) is 2.72. The van der Waals surface area contributed by atoms with Gasteiger partial charge in [-0.15, -0.1) is 0 Å². The molecule has 142 valence electrons. The highest BCUT2D eigenvalue weighted by atomic mass is 16.1. The van der Waals surface area contributed by atoms with Crippen molar-refractivity contribution in [3.05, 3.63) is 90.0 Å². The minimum atomic E-state index is -0.112. The number of anilines is 1. The van der Waals surface area contributed by atoms with E-state index < -0.39 is 0 Å². The highest BCUT2D eigenvalue weighted by Gasteiger charge is 2.11. The van der Waals surface area contributed by atoms with Gasteiger partial charge in [0.15, 0.2) is 0 Å². The van der Waals surface area contributed by atoms with E-state index in [0.717, 1.165) is 16.9 Å². The van der Waals surface area contributed by atoms with E-state index in [2.05, 4.69) is 15.5 Å². The number of azo groups is 1. The van der Waals surface area contributed by atoms with Gasteiger partial charge < -0.3 is 10.2 Å². The van der Waals surface area contributed by atoms with Crippen molar-refractivity contribution in [2.75, 3.05) is 19.0 Å². The van der Waals surface area contributed by atoms with Gasteiger partial charge in [-0.05, 0) is 61.0 Å². The number of rotatable bonds is 6. The molecule has 0 saturated heterocycles. The molecular formula is C23H24N4O. The summed E-state index contributed by atoms with van der Waals surface area (Å²) in [4.78, 5) is 14.5. The summed E-state index contributed by atoms with van der Waals surface area (Å²) in [7, 11) is 3.99. The molecule has 0 aliphatic rings. The van der Waals surface area contributed by atoms with Gasteiger partial charge in [-0.2, -0.15) is 10.2 Å². The maximum atomic E-state index is 12.4. The van der Waals surface area contributed by atoms with Gasteiger partial charge >= 0.3 is 0 Å². The molecule has 0 heterocycles. The second kappa shape index (κ2) is 8.95. The number of nitrogens with zero attached hydrogens (tertiary/aromatic N) is 3. The van der Waals surface area contributed by atoms with Crippen LogP contribution in [0.4, 0.5) is 17.1 Å². The van der Waals surface area contributed by atoms with Crippen molar-refractivity contribution < 1.29 is 4.79 Å². The summed E-state index contributed by atoms with van der Waals surface area (Å²) in [5.41, 5.74) is 4.26. The van der Waals surface area contributed by atoms with E-state index in [-0.39, 0.29) is 11.9 Å². The van der Waals surface area contributed by atoms with Gasteiger partial charge in [0.05, 0.1) is 17.4 Å². The quantitative estimate of drug-likeness (QED) is 0.568. The number of carbonyl (C=O) groups excluding carboxylic acids is 1. The lowest BCUT2D eigenvalue weighted by Gasteiger charge is -2.14. The van der Waals surface area contributed by atoms with Crippen molar-refractivity contribution in [1.29, 1.82) is 0 Å². The van der Waals surface area contributed by atoms with E-state index in [1.54, 1.807) is 24.3 Å². The number of hydrogen-bond donors (Lipinski definition) is 1. The third-order valence-corrected chi connectivity index (χ3v) is 4.42. The molecule has 3 aromatic carbocycles. The molecule has 1 N–H and O–H groups in total. The normalized spacial score (nSPS) is 12.0. The van der Waals surface area contributed by atoms with Crippen LogP contribution in [0.5, 0.6) is 0 Å². The summed E-state index contributed by atoms with van der Waals surface area (Å²) in [6.45, 7) is 1.97. The van der Waals surface area contributed by atoms with Crippen molar-refractivity contribution in [1.82, 2.24) is 5.32 Å². The molecule has 0 saturated carbocycles. The van der Waals surface area contributed by atoms with Gasteiger partial charge in [0.1, 0.15) is 0 Å². The van der Waals surface area contributed by atoms with Crippen LogP contribution in [0.25, 0.3) is 0 Å². The molecule has 1 atom stereocenters. The average molecular weight is 372 g/mol. The van der Waals surface area contributed by atoms with Crippen molar-refractivity contribution >= 4 is 23.0 Å². The maximum absolute atomic E-state index is 12.4. The lowest BCUT2D eigenvalue weighted by Crippen LogP contribution is -2.26. The highest BCUT2D eigenvalue weighted by molar-refractivity contribution is 5.94. The van der Waals surface area contributed by atoms with E-state index in [4.69, 9.17) is 0 Å². The second-order valence-electron chi connectivity index (χ2n) is 6.76. The number of amides is 1. The second-order valence-corrected chi connectivity index (χ2v) is 6.76. The third-order valence-electron chi connectivity index (χ3n) is 4.42. The number of benzene rings is 3. The van der Waals surface area contributed by atoms with Gasteiger partial charge in [-0.3, -0.25) is 4.79 Å². The lowest BCUT2D eigenvalue weighted by atomic mass is 10.1. The SMILES string of the molecule is C[C@@H](NC(=O)c1ccc(N=Nc2ccc(N(C)C)cc2)cc1)c1ccccc1. The Balaban J connectivity index is 1.62. The highest BCUT2D eigenvalue weighted by Crippen LogP contribution is 2.22. The zero-order valence-electron chi connectivity index (χ0n) is 16.3. The van der Waals surface area contributed by atoms with E-state index in [9.17, 15) is 4.79 Å². The molecular weight excluding hydrogens is 348 g/mol. The summed E-state index contributed by atoms with van der Waals surface area (Å²) < 4.78 is 0. The predicted molar refractivity (Wildman–Crippen MR) is 114 cm³/mol. The summed E-state index contributed by atoms with van der Waals surface area (Å²) >= 11 is 0. The predicted octanol–water partition coefficient (Wildman–Crippen LogP) is 5.66. The van der Waals surface area contributed by atoms with E-state index in [1.807, 2.05) is 80.5 Å². The number of nitrogens with one attached hydrogen (secondary N) is 1. The summed E-state index contributed by atoms with van der Waals surface area (Å²) in [6.07, 6.45) is 0. The van der Waals surface area contributed by atoms with Gasteiger partial charge in [0.25, 0.3) is 5.91 Å². The van der Waals surface area contributed by atoms with Crippen molar-refractivity contribution in [2.24, 2.45) is 10.2 Å². The Morgan fingerprint density at radius 3 is 1.89 bits per heavy atom. The van der Waals surface area contributed by atoms with Crippen LogP contribution in [0.15, 0.2) is 89.1 Å². The largest absolute Gasteiger partial charge is 0.378 e. The Bertz CT molecular complexity index is 933. The van der Waals surface area contributed by atoms with Crippen LogP contribution in [0, 0.1) is 0 Å². The van der Waals surface area contributed by atoms with Gasteiger partial charge in [0.2, 0.25) is 0 Å². The van der Waals surface area contributed by atoms with Crippen molar-refractivity contribution in [3.63, 3.8) is 0 Å². The monoisotopic (exact) mass is 372 g/mol. The first-order valence-electron chi connectivity index (χ1n) is 9.18. The number of hydrogen-bond acceptors (Lipinski definition) is 4. The van der Waals surface area contributed by atoms with Gasteiger partial charge in [-0.1, -0.05) is 30.3 Å². The zero-order valence-corrected chi connectivity index (χ0v) is 16.3. The molecule has 0 aliphatic heterocycles. The first-order chi connectivity index (χ1) is 13.5. The topological polar surface area (TPSA) is 57.1 Å². The average Bonchev–Trinajstić information content (AvgIpc) is 2.73. The van der Waals surface area contributed by atoms with Crippen LogP contribution in [-0.4, -0.2) is 20.0 Å². The first-order valence-corrected chi connectivity index (χ1v) is 9.18. The molecule has 0 radical (unpaired) electrons. The molecule has 0 fully saturated rings. The van der Waals surface area contributed by atoms with E-state index in [1.165, 1.54) is 0 Å². The fourth-order valence-electron chi connectivity index (χ4n) is 2.72. The van der Waals surface area contributed by atoms with Crippen LogP contribution in [0.1, 0.15) is 28.9 Å². The van der Waals surface area contributed by atoms with E-state index in [0.29, 0.717) is 11.3 Å². The molecule has 1 amide bonds. The first kappa shape index (κ1) is 19.3. The molecule has 0 bridgehead atoms. The molecule has 3 aromatic rings. The number of carbonyl (C=O) groups is 1. The lowest BCUT2D eigenvalue weighted by molar-refractivity contribution is 0.0940. The molecule has 3 rings (SSSR count). The smallest absolute Gasteiger partial charge is 0.251 e. The Morgan fingerprint density at radius 2 is 1.36 bits per heavy atom. The Kier molecular flexibility index (Phi) is 6.17. The maximum Gasteiger partial charge on any atom is 0.251 e. The third kappa shape index (κ3) is 5.04. The molecule has 5 heteroatoms. The standard InChI is InChI=1S/C23H24N4O/c1-17(18-7-5-4-6-8-18)24-23(28)19-9-11-20(12-10-19)25-26-21-13-15-22(16-14-21)27(2)3/h4-17H,1-3H3,(H,24,28)/t17-/m1/s1. The molecule has 0 aliphatic carbocycles. The molecule has 0 unspecified atom stereocenters. The molecule has 0 spiro atoms. The van der Waals surface area contributed by atoms with Crippen LogP contribution < -0.4 is 10.2 Å². The Morgan fingerprint density at radius 1 is 0.821 bits per heavy atom. The fraction of sp³-hybridized carbons (Fsp3) is 0.174. The van der Waals surface area contributed by atoms with Gasteiger partial charge in [-0.25, -0.2) is 0 Å². The minimum Gasteiger partial charge on any atom is -0.378 e. The molecule has 5 nitrogen and oxygen atoms in total. The van der Waals surface area contributed by atoms with Crippen LogP contribution in [0.2, 0.25) is 0 Å². The summed E-state index contributed by atoms with van der Waals surface area (Å²) in [5.74, 6) is -0.112. The summed E-state index contributed by atoms with van der Waals surface area (Å²) in [6, 6.07) is 24.8. The Labute approximate surface area is 165 Å². The van der Waals surface area contributed by atoms with E-state index >= 15 is 0 Å². The molecule has 0 aromatic heterocycles. The zero-order chi connectivity index (χ0) is 19.9. The van der Waals surface area contributed by atoms with Crippen LogP contribution >= 0.6 is 0 Å².